The van der Waals surface area contributed by atoms with Crippen LogP contribution in [0.3, 0.4) is 0 Å². The Bertz CT molecular complexity index is 664. The molecule has 2 aromatic carbocycles. The van der Waals surface area contributed by atoms with E-state index in [-0.39, 0.29) is 12.5 Å². The van der Waals surface area contributed by atoms with Gasteiger partial charge in [0.1, 0.15) is 0 Å². The van der Waals surface area contributed by atoms with Gasteiger partial charge in [0, 0.05) is 11.4 Å². The molecule has 0 saturated heterocycles. The summed E-state index contributed by atoms with van der Waals surface area (Å²) in [6.45, 7) is 4.12. The molecule has 2 N–H and O–H groups in total. The fourth-order valence-electron chi connectivity index (χ4n) is 2.04. The number of nitrogens with zero attached hydrogens (tertiary/aromatic N) is 1. The van der Waals surface area contributed by atoms with Crippen molar-refractivity contribution in [3.8, 4) is 6.07 Å². The highest BCUT2D eigenvalue weighted by Crippen LogP contribution is 2.19. The van der Waals surface area contributed by atoms with Crippen LogP contribution in [0.1, 0.15) is 16.7 Å². The van der Waals surface area contributed by atoms with Crippen LogP contribution in [0.2, 0.25) is 0 Å². The van der Waals surface area contributed by atoms with Crippen LogP contribution in [-0.2, 0) is 4.79 Å². The Morgan fingerprint density at radius 1 is 1.10 bits per heavy atom. The topological polar surface area (TPSA) is 64.9 Å². The van der Waals surface area contributed by atoms with E-state index < -0.39 is 0 Å². The molecule has 21 heavy (non-hydrogen) atoms. The lowest BCUT2D eigenvalue weighted by Crippen LogP contribution is -2.22. The quantitative estimate of drug-likeness (QED) is 0.903. The molecule has 0 aliphatic carbocycles. The Labute approximate surface area is 124 Å². The number of carbonyl (C=O) groups is 1. The number of aryl methyl sites for hydroxylation is 2. The predicted molar refractivity (Wildman–Crippen MR) is 84.2 cm³/mol. The van der Waals surface area contributed by atoms with Gasteiger partial charge >= 0.3 is 0 Å². The van der Waals surface area contributed by atoms with E-state index in [1.54, 1.807) is 24.3 Å². The van der Waals surface area contributed by atoms with Gasteiger partial charge in [-0.3, -0.25) is 4.79 Å². The second-order valence-electron chi connectivity index (χ2n) is 4.86. The number of para-hydroxylation sites is 1. The Kier molecular flexibility index (Phi) is 4.57. The predicted octanol–water partition coefficient (Wildman–Crippen LogP) is 3.23. The van der Waals surface area contributed by atoms with E-state index in [1.165, 1.54) is 0 Å². The molecule has 0 bridgehead atoms. The monoisotopic (exact) mass is 279 g/mol. The maximum Gasteiger partial charge on any atom is 0.243 e. The lowest BCUT2D eigenvalue weighted by atomic mass is 10.1. The maximum absolute atomic E-state index is 12.0. The summed E-state index contributed by atoms with van der Waals surface area (Å²) in [5.41, 5.74) is 4.36. The van der Waals surface area contributed by atoms with Gasteiger partial charge in [0.25, 0.3) is 0 Å². The van der Waals surface area contributed by atoms with E-state index in [4.69, 9.17) is 5.26 Å². The van der Waals surface area contributed by atoms with Gasteiger partial charge in [0.15, 0.2) is 0 Å². The fourth-order valence-corrected chi connectivity index (χ4v) is 2.04. The third kappa shape index (κ3) is 3.83. The molecular formula is C17H17N3O. The van der Waals surface area contributed by atoms with Gasteiger partial charge in [0.05, 0.1) is 18.2 Å². The Balaban J connectivity index is 1.94. The van der Waals surface area contributed by atoms with E-state index in [0.29, 0.717) is 5.56 Å². The van der Waals surface area contributed by atoms with Gasteiger partial charge in [-0.15, -0.1) is 0 Å². The number of hydrogen-bond acceptors (Lipinski definition) is 3. The van der Waals surface area contributed by atoms with Crippen LogP contribution in [0.15, 0.2) is 42.5 Å². The molecule has 0 aliphatic rings. The van der Waals surface area contributed by atoms with Crippen LogP contribution in [-0.4, -0.2) is 12.5 Å². The SMILES string of the molecule is Cc1cccc(C)c1NC(=O)CNc1ccc(C#N)cc1. The van der Waals surface area contributed by atoms with Crippen molar-refractivity contribution in [2.75, 3.05) is 17.2 Å². The normalized spacial score (nSPS) is 9.76. The summed E-state index contributed by atoms with van der Waals surface area (Å²) in [6, 6.07) is 15.0. The number of anilines is 2. The summed E-state index contributed by atoms with van der Waals surface area (Å²) in [4.78, 5) is 12.0. The molecular weight excluding hydrogens is 262 g/mol. The standard InChI is InChI=1S/C17H17N3O/c1-12-4-3-5-13(2)17(12)20-16(21)11-19-15-8-6-14(10-18)7-9-15/h3-9,19H,11H2,1-2H3,(H,20,21). The molecule has 0 saturated carbocycles. The smallest absolute Gasteiger partial charge is 0.243 e. The van der Waals surface area contributed by atoms with Crippen molar-refractivity contribution in [2.45, 2.75) is 13.8 Å². The molecule has 0 fully saturated rings. The van der Waals surface area contributed by atoms with E-state index in [9.17, 15) is 4.79 Å². The van der Waals surface area contributed by atoms with Gasteiger partial charge in [-0.05, 0) is 49.2 Å². The van der Waals surface area contributed by atoms with Crippen LogP contribution >= 0.6 is 0 Å². The average molecular weight is 279 g/mol. The van der Waals surface area contributed by atoms with Crippen LogP contribution in [0.5, 0.6) is 0 Å². The van der Waals surface area contributed by atoms with E-state index in [2.05, 4.69) is 16.7 Å². The number of rotatable bonds is 4. The summed E-state index contributed by atoms with van der Waals surface area (Å²) in [7, 11) is 0. The first-order valence-electron chi connectivity index (χ1n) is 6.70. The van der Waals surface area contributed by atoms with Crippen LogP contribution in [0.4, 0.5) is 11.4 Å². The molecule has 0 spiro atoms. The zero-order valence-electron chi connectivity index (χ0n) is 12.1. The summed E-state index contributed by atoms with van der Waals surface area (Å²) < 4.78 is 0. The third-order valence-corrected chi connectivity index (χ3v) is 3.21. The zero-order valence-corrected chi connectivity index (χ0v) is 12.1. The highest BCUT2D eigenvalue weighted by atomic mass is 16.1. The molecule has 0 unspecified atom stereocenters. The minimum Gasteiger partial charge on any atom is -0.376 e. The second-order valence-corrected chi connectivity index (χ2v) is 4.86. The number of hydrogen-bond donors (Lipinski definition) is 2. The number of benzene rings is 2. The van der Waals surface area contributed by atoms with E-state index >= 15 is 0 Å². The highest BCUT2D eigenvalue weighted by Gasteiger charge is 2.06. The van der Waals surface area contributed by atoms with Crippen molar-refractivity contribution >= 4 is 17.3 Å². The number of nitriles is 1. The van der Waals surface area contributed by atoms with Crippen LogP contribution in [0, 0.1) is 25.2 Å². The van der Waals surface area contributed by atoms with Crippen LogP contribution < -0.4 is 10.6 Å². The number of amides is 1. The van der Waals surface area contributed by atoms with E-state index in [1.807, 2.05) is 32.0 Å². The summed E-state index contributed by atoms with van der Waals surface area (Å²) in [5, 5.41) is 14.7. The number of carbonyl (C=O) groups excluding carboxylic acids is 1. The lowest BCUT2D eigenvalue weighted by Gasteiger charge is -2.12. The zero-order chi connectivity index (χ0) is 15.2. The van der Waals surface area contributed by atoms with Crippen molar-refractivity contribution in [1.29, 1.82) is 5.26 Å². The Hall–Kier alpha value is -2.80. The van der Waals surface area contributed by atoms with Gasteiger partial charge in [-0.1, -0.05) is 18.2 Å². The number of nitrogens with one attached hydrogen (secondary N) is 2. The summed E-state index contributed by atoms with van der Waals surface area (Å²) in [5.74, 6) is -0.100. The first kappa shape index (κ1) is 14.6. The molecule has 2 rings (SSSR count). The maximum atomic E-state index is 12.0. The van der Waals surface area contributed by atoms with Crippen molar-refractivity contribution < 1.29 is 4.79 Å². The summed E-state index contributed by atoms with van der Waals surface area (Å²) in [6.07, 6.45) is 0. The summed E-state index contributed by atoms with van der Waals surface area (Å²) >= 11 is 0. The van der Waals surface area contributed by atoms with Gasteiger partial charge in [0.2, 0.25) is 5.91 Å². The first-order chi connectivity index (χ1) is 10.1. The fraction of sp³-hybridized carbons (Fsp3) is 0.176. The van der Waals surface area contributed by atoms with Gasteiger partial charge in [-0.25, -0.2) is 0 Å². The minimum absolute atomic E-state index is 0.100. The molecule has 2 aromatic rings. The first-order valence-corrected chi connectivity index (χ1v) is 6.70. The highest BCUT2D eigenvalue weighted by molar-refractivity contribution is 5.95. The van der Waals surface area contributed by atoms with E-state index in [0.717, 1.165) is 22.5 Å². The Morgan fingerprint density at radius 2 is 1.71 bits per heavy atom. The molecule has 106 valence electrons. The molecule has 4 nitrogen and oxygen atoms in total. The van der Waals surface area contributed by atoms with Gasteiger partial charge in [-0.2, -0.15) is 5.26 Å². The molecule has 4 heteroatoms. The van der Waals surface area contributed by atoms with Gasteiger partial charge < -0.3 is 10.6 Å². The van der Waals surface area contributed by atoms with Crippen LogP contribution in [0.25, 0.3) is 0 Å². The Morgan fingerprint density at radius 3 is 2.29 bits per heavy atom. The van der Waals surface area contributed by atoms with Crippen molar-refractivity contribution in [2.24, 2.45) is 0 Å². The van der Waals surface area contributed by atoms with Crippen molar-refractivity contribution in [3.05, 3.63) is 59.2 Å². The molecule has 0 atom stereocenters. The molecule has 0 heterocycles. The largest absolute Gasteiger partial charge is 0.376 e. The van der Waals surface area contributed by atoms with Crippen molar-refractivity contribution in [3.63, 3.8) is 0 Å². The molecule has 0 aromatic heterocycles. The molecule has 0 aliphatic heterocycles. The lowest BCUT2D eigenvalue weighted by molar-refractivity contribution is -0.114. The van der Waals surface area contributed by atoms with Crippen molar-refractivity contribution in [1.82, 2.24) is 0 Å². The second kappa shape index (κ2) is 6.58. The molecule has 1 amide bonds. The minimum atomic E-state index is -0.100. The third-order valence-electron chi connectivity index (χ3n) is 3.21. The molecule has 0 radical (unpaired) electrons. The average Bonchev–Trinajstić information content (AvgIpc) is 2.49.